The zero-order valence-electron chi connectivity index (χ0n) is 11.2. The van der Waals surface area contributed by atoms with Crippen molar-refractivity contribution in [3.8, 4) is 5.75 Å². The third-order valence-corrected chi connectivity index (χ3v) is 2.63. The van der Waals surface area contributed by atoms with E-state index in [1.165, 1.54) is 4.40 Å². The average Bonchev–Trinajstić information content (AvgIpc) is 2.26. The highest BCUT2D eigenvalue weighted by Gasteiger charge is 2.13. The van der Waals surface area contributed by atoms with Crippen LogP contribution in [-0.2, 0) is 6.42 Å². The summed E-state index contributed by atoms with van der Waals surface area (Å²) in [6.45, 7) is 6.39. The number of ether oxygens (including phenoxy) is 1. The Balaban J connectivity index is 2.54. The van der Waals surface area contributed by atoms with Gasteiger partial charge in [0.25, 0.3) is 5.56 Å². The monoisotopic (exact) mass is 246 g/mol. The van der Waals surface area contributed by atoms with Gasteiger partial charge >= 0.3 is 0 Å². The lowest BCUT2D eigenvalue weighted by Crippen LogP contribution is -2.18. The maximum absolute atomic E-state index is 12.0. The molecule has 18 heavy (non-hydrogen) atoms. The summed E-state index contributed by atoms with van der Waals surface area (Å²) in [5.74, 6) is 0.648. The number of fused-ring (bicyclic) bond motifs is 1. The molecule has 0 aliphatic heterocycles. The Morgan fingerprint density at radius 1 is 1.33 bits per heavy atom. The molecular formula is C14H18N2O2. The van der Waals surface area contributed by atoms with E-state index in [1.54, 1.807) is 25.4 Å². The molecule has 0 bridgehead atoms. The minimum Gasteiger partial charge on any atom is -0.495 e. The van der Waals surface area contributed by atoms with Gasteiger partial charge in [-0.2, -0.15) is 0 Å². The number of hydrogen-bond acceptors (Lipinski definition) is 3. The van der Waals surface area contributed by atoms with E-state index >= 15 is 0 Å². The molecule has 0 saturated carbocycles. The molecule has 4 heteroatoms. The van der Waals surface area contributed by atoms with Crippen molar-refractivity contribution in [1.82, 2.24) is 9.38 Å². The van der Waals surface area contributed by atoms with Gasteiger partial charge < -0.3 is 4.74 Å². The molecule has 2 aromatic heterocycles. The lowest BCUT2D eigenvalue weighted by atomic mass is 9.90. The maximum Gasteiger partial charge on any atom is 0.258 e. The van der Waals surface area contributed by atoms with Gasteiger partial charge in [-0.3, -0.25) is 9.20 Å². The van der Waals surface area contributed by atoms with Crippen LogP contribution in [0, 0.1) is 5.41 Å². The smallest absolute Gasteiger partial charge is 0.258 e. The minimum absolute atomic E-state index is 0.0712. The molecule has 2 rings (SSSR count). The highest BCUT2D eigenvalue weighted by Crippen LogP contribution is 2.19. The molecule has 0 aliphatic carbocycles. The summed E-state index contributed by atoms with van der Waals surface area (Å²) in [5, 5.41) is 0. The number of pyridine rings is 1. The molecule has 0 amide bonds. The highest BCUT2D eigenvalue weighted by atomic mass is 16.5. The second-order valence-corrected chi connectivity index (χ2v) is 5.62. The molecule has 0 aliphatic rings. The second kappa shape index (κ2) is 4.44. The van der Waals surface area contributed by atoms with E-state index in [0.717, 1.165) is 12.1 Å². The summed E-state index contributed by atoms with van der Waals surface area (Å²) in [5.41, 5.74) is 1.53. The van der Waals surface area contributed by atoms with Crippen molar-refractivity contribution >= 4 is 5.65 Å². The Bertz CT molecular complexity index is 624. The summed E-state index contributed by atoms with van der Waals surface area (Å²) in [7, 11) is 1.58. The van der Waals surface area contributed by atoms with Gasteiger partial charge in [0.1, 0.15) is 11.4 Å². The Morgan fingerprint density at radius 2 is 2.06 bits per heavy atom. The fourth-order valence-corrected chi connectivity index (χ4v) is 1.89. The standard InChI is InChI=1S/C14H18N2O2/c1-14(2,3)8-10-7-13(17)16-9-11(18-4)5-6-12(16)15-10/h5-7,9H,8H2,1-4H3. The molecule has 0 spiro atoms. The molecule has 0 saturated heterocycles. The highest BCUT2D eigenvalue weighted by molar-refractivity contribution is 5.42. The number of rotatable bonds is 2. The van der Waals surface area contributed by atoms with Crippen LogP contribution in [0.1, 0.15) is 26.5 Å². The van der Waals surface area contributed by atoms with Crippen molar-refractivity contribution in [3.05, 3.63) is 40.4 Å². The van der Waals surface area contributed by atoms with Gasteiger partial charge in [-0.15, -0.1) is 0 Å². The number of nitrogens with zero attached hydrogens (tertiary/aromatic N) is 2. The molecule has 2 heterocycles. The topological polar surface area (TPSA) is 43.6 Å². The Hall–Kier alpha value is -1.84. The van der Waals surface area contributed by atoms with Crippen LogP contribution in [0.3, 0.4) is 0 Å². The van der Waals surface area contributed by atoms with Crippen molar-refractivity contribution in [2.24, 2.45) is 5.41 Å². The normalized spacial score (nSPS) is 11.8. The van der Waals surface area contributed by atoms with Gasteiger partial charge in [0.05, 0.1) is 13.3 Å². The van der Waals surface area contributed by atoms with E-state index in [-0.39, 0.29) is 11.0 Å². The first-order chi connectivity index (χ1) is 8.39. The van der Waals surface area contributed by atoms with Crippen molar-refractivity contribution in [2.45, 2.75) is 27.2 Å². The first-order valence-electron chi connectivity index (χ1n) is 5.95. The molecule has 0 aromatic carbocycles. The van der Waals surface area contributed by atoms with Gasteiger partial charge in [-0.25, -0.2) is 4.98 Å². The van der Waals surface area contributed by atoms with Gasteiger partial charge in [0, 0.05) is 11.8 Å². The van der Waals surface area contributed by atoms with E-state index in [2.05, 4.69) is 25.8 Å². The predicted octanol–water partition coefficient (Wildman–Crippen LogP) is 2.29. The third-order valence-electron chi connectivity index (χ3n) is 2.63. The maximum atomic E-state index is 12.0. The molecule has 0 atom stereocenters. The summed E-state index contributed by atoms with van der Waals surface area (Å²) in [4.78, 5) is 16.5. The van der Waals surface area contributed by atoms with Crippen LogP contribution < -0.4 is 10.3 Å². The quantitative estimate of drug-likeness (QED) is 0.816. The van der Waals surface area contributed by atoms with Crippen molar-refractivity contribution < 1.29 is 4.74 Å². The van der Waals surface area contributed by atoms with Crippen LogP contribution in [0.4, 0.5) is 0 Å². The number of aromatic nitrogens is 2. The van der Waals surface area contributed by atoms with Gasteiger partial charge in [0.2, 0.25) is 0 Å². The van der Waals surface area contributed by atoms with Crippen LogP contribution in [-0.4, -0.2) is 16.5 Å². The van der Waals surface area contributed by atoms with E-state index in [9.17, 15) is 4.79 Å². The van der Waals surface area contributed by atoms with E-state index < -0.39 is 0 Å². The zero-order chi connectivity index (χ0) is 13.3. The summed E-state index contributed by atoms with van der Waals surface area (Å²) >= 11 is 0. The fourth-order valence-electron chi connectivity index (χ4n) is 1.89. The fraction of sp³-hybridized carbons (Fsp3) is 0.429. The largest absolute Gasteiger partial charge is 0.495 e. The third kappa shape index (κ3) is 2.70. The summed E-state index contributed by atoms with van der Waals surface area (Å²) in [6, 6.07) is 5.20. The van der Waals surface area contributed by atoms with Gasteiger partial charge in [-0.05, 0) is 24.0 Å². The summed E-state index contributed by atoms with van der Waals surface area (Å²) in [6.07, 6.45) is 2.44. The first kappa shape index (κ1) is 12.6. The van der Waals surface area contributed by atoms with Crippen molar-refractivity contribution in [2.75, 3.05) is 7.11 Å². The Morgan fingerprint density at radius 3 is 2.67 bits per heavy atom. The van der Waals surface area contributed by atoms with Crippen LogP contribution in [0.2, 0.25) is 0 Å². The van der Waals surface area contributed by atoms with Crippen molar-refractivity contribution in [1.29, 1.82) is 0 Å². The first-order valence-corrected chi connectivity index (χ1v) is 5.95. The lowest BCUT2D eigenvalue weighted by molar-refractivity contribution is 0.405. The lowest BCUT2D eigenvalue weighted by Gasteiger charge is -2.17. The average molecular weight is 246 g/mol. The molecule has 0 N–H and O–H groups in total. The Kier molecular flexibility index (Phi) is 3.11. The second-order valence-electron chi connectivity index (χ2n) is 5.62. The molecule has 2 aromatic rings. The molecule has 4 nitrogen and oxygen atoms in total. The van der Waals surface area contributed by atoms with E-state index in [0.29, 0.717) is 11.4 Å². The van der Waals surface area contributed by atoms with Crippen LogP contribution in [0.5, 0.6) is 5.75 Å². The number of hydrogen-bond donors (Lipinski definition) is 0. The van der Waals surface area contributed by atoms with Crippen LogP contribution in [0.25, 0.3) is 5.65 Å². The molecule has 0 unspecified atom stereocenters. The SMILES string of the molecule is COc1ccc2nc(CC(C)(C)C)cc(=O)n2c1. The Labute approximate surface area is 106 Å². The van der Waals surface area contributed by atoms with E-state index in [4.69, 9.17) is 4.74 Å². The number of methoxy groups -OCH3 is 1. The molecule has 0 fully saturated rings. The summed E-state index contributed by atoms with van der Waals surface area (Å²) < 4.78 is 6.61. The van der Waals surface area contributed by atoms with Gasteiger partial charge in [-0.1, -0.05) is 20.8 Å². The van der Waals surface area contributed by atoms with Crippen molar-refractivity contribution in [3.63, 3.8) is 0 Å². The zero-order valence-corrected chi connectivity index (χ0v) is 11.2. The van der Waals surface area contributed by atoms with E-state index in [1.807, 2.05) is 6.07 Å². The van der Waals surface area contributed by atoms with Gasteiger partial charge in [0.15, 0.2) is 0 Å². The van der Waals surface area contributed by atoms with Crippen LogP contribution >= 0.6 is 0 Å². The molecule has 0 radical (unpaired) electrons. The minimum atomic E-state index is -0.0712. The van der Waals surface area contributed by atoms with Crippen LogP contribution in [0.15, 0.2) is 29.2 Å². The predicted molar refractivity (Wildman–Crippen MR) is 71.2 cm³/mol. The molecular weight excluding hydrogens is 228 g/mol. The molecule has 96 valence electrons.